The second-order valence-electron chi connectivity index (χ2n) is 4.83. The molecule has 0 aliphatic rings. The van der Waals surface area contributed by atoms with Crippen molar-refractivity contribution >= 4 is 43.9 Å². The number of carboxylic acids is 1. The molecule has 0 aliphatic carbocycles. The van der Waals surface area contributed by atoms with Gasteiger partial charge < -0.3 is 15.2 Å². The van der Waals surface area contributed by atoms with Gasteiger partial charge in [-0.3, -0.25) is 0 Å². The molecule has 1 atom stereocenters. The molecule has 0 spiro atoms. The number of hydrogen-bond acceptors (Lipinski definition) is 3. The lowest BCUT2D eigenvalue weighted by Gasteiger charge is -2.26. The van der Waals surface area contributed by atoms with Gasteiger partial charge in [-0.2, -0.15) is 0 Å². The van der Waals surface area contributed by atoms with Gasteiger partial charge in [0.25, 0.3) is 0 Å². The molecule has 1 aromatic rings. The third-order valence-corrected chi connectivity index (χ3v) is 5.15. The molecule has 1 rings (SSSR count). The zero-order valence-corrected chi connectivity index (χ0v) is 14.7. The first-order valence-electron chi connectivity index (χ1n) is 6.28. The fourth-order valence-corrected chi connectivity index (χ4v) is 2.69. The topological polar surface area (TPSA) is 75.6 Å². The van der Waals surface area contributed by atoms with Crippen molar-refractivity contribution in [3.8, 4) is 0 Å². The Kier molecular flexibility index (Phi) is 7.17. The second-order valence-corrected chi connectivity index (χ2v) is 5.95. The van der Waals surface area contributed by atoms with Crippen LogP contribution in [0.1, 0.15) is 12.5 Å². The van der Waals surface area contributed by atoms with Crippen LogP contribution < -0.4 is 5.32 Å². The first-order valence-corrected chi connectivity index (χ1v) is 8.52. The third kappa shape index (κ3) is 6.05. The van der Waals surface area contributed by atoms with Crippen molar-refractivity contribution in [2.75, 3.05) is 10.7 Å². The minimum absolute atomic E-state index is 0.199. The molecule has 116 valence electrons. The second kappa shape index (κ2) is 8.38. The number of alkyl carbamates (subject to hydrolysis) is 1. The molecule has 1 amide bonds. The molecule has 0 aromatic heterocycles. The van der Waals surface area contributed by atoms with Gasteiger partial charge in [-0.25, -0.2) is 9.59 Å². The van der Waals surface area contributed by atoms with Crippen molar-refractivity contribution in [3.63, 3.8) is 0 Å². The van der Waals surface area contributed by atoms with E-state index in [2.05, 4.69) is 37.2 Å². The zero-order valence-electron chi connectivity index (χ0n) is 11.5. The molecule has 5 nitrogen and oxygen atoms in total. The van der Waals surface area contributed by atoms with Gasteiger partial charge in [0.05, 0.1) is 0 Å². The Labute approximate surface area is 140 Å². The highest BCUT2D eigenvalue weighted by Crippen LogP contribution is 2.17. The molecule has 0 aliphatic heterocycles. The lowest BCUT2D eigenvalue weighted by Crippen LogP contribution is -2.46. The summed E-state index contributed by atoms with van der Waals surface area (Å²) >= 11 is 6.52. The highest BCUT2D eigenvalue weighted by atomic mass is 79.9. The Bertz CT molecular complexity index is 477. The normalized spacial score (nSPS) is 12.5. The summed E-state index contributed by atoms with van der Waals surface area (Å²) in [5, 5.41) is 12.5. The molecule has 0 unspecified atom stereocenters. The maximum atomic E-state index is 11.8. The Morgan fingerprint density at radius 1 is 1.29 bits per heavy atom. The number of carbonyl (C=O) groups is 2. The fourth-order valence-electron chi connectivity index (χ4n) is 1.54. The minimum atomic E-state index is -1.10. The van der Waals surface area contributed by atoms with E-state index in [1.807, 2.05) is 30.3 Å². The van der Waals surface area contributed by atoms with E-state index in [4.69, 9.17) is 4.74 Å². The van der Waals surface area contributed by atoms with E-state index in [9.17, 15) is 14.7 Å². The van der Waals surface area contributed by atoms with Crippen molar-refractivity contribution in [1.29, 1.82) is 0 Å². The van der Waals surface area contributed by atoms with Crippen LogP contribution in [0.15, 0.2) is 30.3 Å². The van der Waals surface area contributed by atoms with E-state index in [-0.39, 0.29) is 6.42 Å². The Balaban J connectivity index is 2.67. The number of carboxylic acid groups (broad SMARTS) is 1. The predicted molar refractivity (Wildman–Crippen MR) is 87.2 cm³/mol. The van der Waals surface area contributed by atoms with Crippen molar-refractivity contribution in [1.82, 2.24) is 5.32 Å². The Morgan fingerprint density at radius 2 is 1.86 bits per heavy atom. The molecular weight excluding hydrogens is 406 g/mol. The maximum Gasteiger partial charge on any atom is 0.408 e. The number of nitrogens with one attached hydrogen (secondary N) is 1. The first kappa shape index (κ1) is 18.0. The number of benzene rings is 1. The molecule has 0 radical (unpaired) electrons. The van der Waals surface area contributed by atoms with Crippen molar-refractivity contribution in [3.05, 3.63) is 35.9 Å². The van der Waals surface area contributed by atoms with Crippen molar-refractivity contribution in [2.45, 2.75) is 25.0 Å². The van der Waals surface area contributed by atoms with Gasteiger partial charge in [-0.15, -0.1) is 0 Å². The van der Waals surface area contributed by atoms with Gasteiger partial charge >= 0.3 is 12.1 Å². The number of rotatable bonds is 7. The lowest BCUT2D eigenvalue weighted by molar-refractivity contribution is -0.139. The lowest BCUT2D eigenvalue weighted by atomic mass is 10.1. The van der Waals surface area contributed by atoms with E-state index in [1.165, 1.54) is 0 Å². The van der Waals surface area contributed by atoms with E-state index in [0.717, 1.165) is 5.56 Å². The highest BCUT2D eigenvalue weighted by molar-refractivity contribution is 9.09. The van der Waals surface area contributed by atoms with E-state index < -0.39 is 23.7 Å². The Morgan fingerprint density at radius 3 is 2.33 bits per heavy atom. The van der Waals surface area contributed by atoms with Crippen LogP contribution in [0.3, 0.4) is 0 Å². The number of alkyl halides is 2. The molecule has 0 saturated carbocycles. The van der Waals surface area contributed by atoms with Crippen molar-refractivity contribution in [2.24, 2.45) is 0 Å². The predicted octanol–water partition coefficient (Wildman–Crippen LogP) is 2.96. The molecular formula is C14H17Br2NO4. The maximum absolute atomic E-state index is 11.8. The number of amides is 1. The van der Waals surface area contributed by atoms with Crippen LogP contribution in [-0.2, 0) is 16.0 Å². The molecule has 0 fully saturated rings. The SMILES string of the molecule is CC(CBr)(CBr)OC(=O)N[C@@H](Cc1ccccc1)C(=O)O. The van der Waals surface area contributed by atoms with Gasteiger partial charge in [0.2, 0.25) is 0 Å². The fraction of sp³-hybridized carbons (Fsp3) is 0.429. The standard InChI is InChI=1S/C14H17Br2NO4/c1-14(8-15,9-16)21-13(20)17-11(12(18)19)7-10-5-3-2-4-6-10/h2-6,11H,7-9H2,1H3,(H,17,20)(H,18,19)/t11-/m0/s1. The molecule has 2 N–H and O–H groups in total. The average molecular weight is 423 g/mol. The molecule has 1 aromatic carbocycles. The van der Waals surface area contributed by atoms with Crippen LogP contribution in [-0.4, -0.2) is 39.5 Å². The summed E-state index contributed by atoms with van der Waals surface area (Å²) in [6.07, 6.45) is -0.551. The van der Waals surface area contributed by atoms with E-state index >= 15 is 0 Å². The summed E-state index contributed by atoms with van der Waals surface area (Å²) < 4.78 is 5.25. The number of aliphatic carboxylic acids is 1. The molecule has 0 saturated heterocycles. The average Bonchev–Trinajstić information content (AvgIpc) is 2.47. The van der Waals surface area contributed by atoms with Gasteiger partial charge in [0, 0.05) is 17.1 Å². The van der Waals surface area contributed by atoms with Crippen molar-refractivity contribution < 1.29 is 19.4 Å². The number of halogens is 2. The molecule has 7 heteroatoms. The van der Waals surface area contributed by atoms with Crippen LogP contribution in [0.4, 0.5) is 4.79 Å². The zero-order chi connectivity index (χ0) is 15.9. The summed E-state index contributed by atoms with van der Waals surface area (Å²) in [5.41, 5.74) is 0.0915. The molecule has 21 heavy (non-hydrogen) atoms. The summed E-state index contributed by atoms with van der Waals surface area (Å²) in [4.78, 5) is 23.1. The first-order chi connectivity index (χ1) is 9.90. The summed E-state index contributed by atoms with van der Waals surface area (Å²) in [5.74, 6) is -1.10. The van der Waals surface area contributed by atoms with Crippen LogP contribution >= 0.6 is 31.9 Å². The van der Waals surface area contributed by atoms with E-state index in [1.54, 1.807) is 6.92 Å². The number of carbonyl (C=O) groups excluding carboxylic acids is 1. The smallest absolute Gasteiger partial charge is 0.408 e. The van der Waals surface area contributed by atoms with E-state index in [0.29, 0.717) is 10.7 Å². The summed E-state index contributed by atoms with van der Waals surface area (Å²) in [6, 6.07) is 8.07. The highest BCUT2D eigenvalue weighted by Gasteiger charge is 2.29. The molecule has 0 bridgehead atoms. The third-order valence-electron chi connectivity index (χ3n) is 2.78. The van der Waals surface area contributed by atoms with Gasteiger partial charge in [0.15, 0.2) is 0 Å². The Hall–Kier alpha value is -1.08. The monoisotopic (exact) mass is 421 g/mol. The number of ether oxygens (including phenoxy) is 1. The van der Waals surface area contributed by atoms with Crippen LogP contribution in [0.2, 0.25) is 0 Å². The summed E-state index contributed by atoms with van der Waals surface area (Å²) in [6.45, 7) is 1.74. The van der Waals surface area contributed by atoms with Gasteiger partial charge in [-0.1, -0.05) is 62.2 Å². The molecule has 0 heterocycles. The number of hydrogen-bond donors (Lipinski definition) is 2. The van der Waals surface area contributed by atoms with Gasteiger partial charge in [0.1, 0.15) is 11.6 Å². The minimum Gasteiger partial charge on any atom is -0.480 e. The quantitative estimate of drug-likeness (QED) is 0.662. The van der Waals surface area contributed by atoms with Crippen LogP contribution in [0.5, 0.6) is 0 Å². The van der Waals surface area contributed by atoms with Crippen LogP contribution in [0.25, 0.3) is 0 Å². The largest absolute Gasteiger partial charge is 0.480 e. The summed E-state index contributed by atoms with van der Waals surface area (Å²) in [7, 11) is 0. The van der Waals surface area contributed by atoms with Gasteiger partial charge in [-0.05, 0) is 12.5 Å². The van der Waals surface area contributed by atoms with Crippen LogP contribution in [0, 0.1) is 0 Å².